The van der Waals surface area contributed by atoms with Crippen molar-refractivity contribution in [3.05, 3.63) is 35.6 Å². The van der Waals surface area contributed by atoms with Crippen molar-refractivity contribution in [1.29, 1.82) is 0 Å². The van der Waals surface area contributed by atoms with Gasteiger partial charge in [0.05, 0.1) is 0 Å². The fourth-order valence-electron chi connectivity index (χ4n) is 0.928. The van der Waals surface area contributed by atoms with Gasteiger partial charge in [-0.15, -0.1) is 0 Å². The number of nitrogens with one attached hydrogen (secondary N) is 1. The molecule has 0 fully saturated rings. The summed E-state index contributed by atoms with van der Waals surface area (Å²) in [4.78, 5) is 10.9. The van der Waals surface area contributed by atoms with Crippen LogP contribution in [0.15, 0.2) is 24.3 Å². The van der Waals surface area contributed by atoms with E-state index in [-0.39, 0.29) is 13.2 Å². The molecule has 1 N–H and O–H groups in total. The summed E-state index contributed by atoms with van der Waals surface area (Å²) in [7, 11) is 0. The van der Waals surface area contributed by atoms with Crippen molar-refractivity contribution in [3.63, 3.8) is 0 Å². The van der Waals surface area contributed by atoms with Gasteiger partial charge in [-0.2, -0.15) is 0 Å². The first kappa shape index (κ1) is 14.6. The van der Waals surface area contributed by atoms with Crippen molar-refractivity contribution in [2.45, 2.75) is 40.2 Å². The van der Waals surface area contributed by atoms with Crippen molar-refractivity contribution in [1.82, 2.24) is 5.32 Å². The molecule has 0 unspecified atom stereocenters. The Morgan fingerprint density at radius 1 is 1.25 bits per heavy atom. The second-order valence-corrected chi connectivity index (χ2v) is 3.46. The third kappa shape index (κ3) is 6.98. The lowest BCUT2D eigenvalue weighted by Gasteiger charge is -2.02. The van der Waals surface area contributed by atoms with Crippen molar-refractivity contribution in [3.8, 4) is 0 Å². The number of hydrogen-bond acceptors (Lipinski definition) is 1. The van der Waals surface area contributed by atoms with E-state index in [1.807, 2.05) is 0 Å². The van der Waals surface area contributed by atoms with E-state index in [9.17, 15) is 9.18 Å². The average Bonchev–Trinajstić information content (AvgIpc) is 2.29. The van der Waals surface area contributed by atoms with Crippen LogP contribution in [-0.2, 0) is 11.3 Å². The SMILES string of the molecule is CCC.CCC(=O)NCc1ccc(F)cc1.[HH]. The van der Waals surface area contributed by atoms with Gasteiger partial charge in [0.25, 0.3) is 0 Å². The molecule has 16 heavy (non-hydrogen) atoms. The third-order valence-corrected chi connectivity index (χ3v) is 1.72. The Morgan fingerprint density at radius 3 is 2.19 bits per heavy atom. The first-order chi connectivity index (χ1) is 7.63. The van der Waals surface area contributed by atoms with Gasteiger partial charge in [-0.3, -0.25) is 4.79 Å². The van der Waals surface area contributed by atoms with Gasteiger partial charge in [-0.1, -0.05) is 39.3 Å². The Hall–Kier alpha value is -1.38. The zero-order valence-corrected chi connectivity index (χ0v) is 10.2. The van der Waals surface area contributed by atoms with Gasteiger partial charge in [-0.05, 0) is 17.7 Å². The maximum Gasteiger partial charge on any atom is 0.219 e. The Kier molecular flexibility index (Phi) is 8.12. The molecule has 0 saturated carbocycles. The molecule has 0 saturated heterocycles. The lowest BCUT2D eigenvalue weighted by atomic mass is 10.2. The summed E-state index contributed by atoms with van der Waals surface area (Å²) in [6.07, 6.45) is 1.72. The highest BCUT2D eigenvalue weighted by molar-refractivity contribution is 5.75. The minimum absolute atomic E-state index is 0. The van der Waals surface area contributed by atoms with Crippen molar-refractivity contribution in [2.75, 3.05) is 0 Å². The highest BCUT2D eigenvalue weighted by Crippen LogP contribution is 2.01. The van der Waals surface area contributed by atoms with E-state index < -0.39 is 0 Å². The van der Waals surface area contributed by atoms with Crippen molar-refractivity contribution >= 4 is 5.91 Å². The van der Waals surface area contributed by atoms with Crippen LogP contribution >= 0.6 is 0 Å². The number of hydrogen-bond donors (Lipinski definition) is 1. The quantitative estimate of drug-likeness (QED) is 0.841. The van der Waals surface area contributed by atoms with Crippen LogP contribution < -0.4 is 5.32 Å². The molecular formula is C13H22FNO. The zero-order valence-electron chi connectivity index (χ0n) is 10.2. The minimum atomic E-state index is -0.259. The van der Waals surface area contributed by atoms with E-state index in [0.29, 0.717) is 13.0 Å². The summed E-state index contributed by atoms with van der Waals surface area (Å²) < 4.78 is 12.5. The van der Waals surface area contributed by atoms with Crippen LogP contribution in [0.2, 0.25) is 0 Å². The second-order valence-electron chi connectivity index (χ2n) is 3.46. The Labute approximate surface area is 98.4 Å². The smallest absolute Gasteiger partial charge is 0.219 e. The standard InChI is InChI=1S/C10H12FNO.C3H8.H2/c1-2-10(13)12-7-8-3-5-9(11)6-4-8;1-3-2;/h3-6H,2,7H2,1H3,(H,12,13);3H2,1-2H3;1H. The molecule has 0 atom stereocenters. The number of carbonyl (C=O) groups is 1. The molecule has 2 nitrogen and oxygen atoms in total. The topological polar surface area (TPSA) is 29.1 Å². The van der Waals surface area contributed by atoms with E-state index in [2.05, 4.69) is 19.2 Å². The molecule has 0 heterocycles. The lowest BCUT2D eigenvalue weighted by Crippen LogP contribution is -2.21. The van der Waals surface area contributed by atoms with Gasteiger partial charge in [-0.25, -0.2) is 4.39 Å². The van der Waals surface area contributed by atoms with Gasteiger partial charge in [0.1, 0.15) is 5.82 Å². The maximum absolute atomic E-state index is 12.5. The van der Waals surface area contributed by atoms with Crippen LogP contribution in [0.5, 0.6) is 0 Å². The largest absolute Gasteiger partial charge is 0.352 e. The van der Waals surface area contributed by atoms with Crippen molar-refractivity contribution in [2.24, 2.45) is 0 Å². The highest BCUT2D eigenvalue weighted by atomic mass is 19.1. The second kappa shape index (κ2) is 8.89. The van der Waals surface area contributed by atoms with E-state index in [1.165, 1.54) is 18.6 Å². The van der Waals surface area contributed by atoms with Crippen LogP contribution in [0.4, 0.5) is 4.39 Å². The number of benzene rings is 1. The Balaban J connectivity index is 0. The van der Waals surface area contributed by atoms with Crippen LogP contribution in [-0.4, -0.2) is 5.91 Å². The summed E-state index contributed by atoms with van der Waals surface area (Å²) in [5.74, 6) is -0.255. The number of halogens is 1. The fraction of sp³-hybridized carbons (Fsp3) is 0.462. The van der Waals surface area contributed by atoms with Gasteiger partial charge in [0.15, 0.2) is 0 Å². The molecule has 1 aromatic rings. The van der Waals surface area contributed by atoms with Gasteiger partial charge >= 0.3 is 0 Å². The zero-order chi connectivity index (χ0) is 12.4. The molecule has 0 aliphatic rings. The molecule has 92 valence electrons. The summed E-state index contributed by atoms with van der Waals surface area (Å²) in [5.41, 5.74) is 0.906. The molecule has 0 spiro atoms. The highest BCUT2D eigenvalue weighted by Gasteiger charge is 1.97. The summed E-state index contributed by atoms with van der Waals surface area (Å²) in [6, 6.07) is 6.08. The van der Waals surface area contributed by atoms with E-state index in [0.717, 1.165) is 5.56 Å². The van der Waals surface area contributed by atoms with Gasteiger partial charge in [0.2, 0.25) is 5.91 Å². The van der Waals surface area contributed by atoms with Crippen LogP contribution in [0.25, 0.3) is 0 Å². The Morgan fingerprint density at radius 2 is 1.75 bits per heavy atom. The van der Waals surface area contributed by atoms with E-state index in [4.69, 9.17) is 0 Å². The molecule has 1 aromatic carbocycles. The average molecular weight is 227 g/mol. The van der Waals surface area contributed by atoms with E-state index >= 15 is 0 Å². The first-order valence-electron chi connectivity index (χ1n) is 5.65. The summed E-state index contributed by atoms with van der Waals surface area (Å²) >= 11 is 0. The molecule has 0 aromatic heterocycles. The van der Waals surface area contributed by atoms with Crippen molar-refractivity contribution < 1.29 is 10.6 Å². The summed E-state index contributed by atoms with van der Waals surface area (Å²) in [5, 5.41) is 2.71. The molecule has 1 rings (SSSR count). The third-order valence-electron chi connectivity index (χ3n) is 1.72. The molecule has 0 bridgehead atoms. The Bertz CT molecular complexity index is 301. The predicted molar refractivity (Wildman–Crippen MR) is 66.6 cm³/mol. The molecule has 0 aliphatic heterocycles. The fourth-order valence-corrected chi connectivity index (χ4v) is 0.928. The maximum atomic E-state index is 12.5. The van der Waals surface area contributed by atoms with Crippen LogP contribution in [0.3, 0.4) is 0 Å². The van der Waals surface area contributed by atoms with Crippen LogP contribution in [0.1, 0.15) is 40.6 Å². The number of amides is 1. The number of rotatable bonds is 3. The lowest BCUT2D eigenvalue weighted by molar-refractivity contribution is -0.120. The predicted octanol–water partition coefficient (Wildman–Crippen LogP) is 3.51. The van der Waals surface area contributed by atoms with Gasteiger partial charge in [0, 0.05) is 14.4 Å². The molecule has 1 amide bonds. The van der Waals surface area contributed by atoms with Gasteiger partial charge < -0.3 is 5.32 Å². The first-order valence-corrected chi connectivity index (χ1v) is 5.65. The summed E-state index contributed by atoms with van der Waals surface area (Å²) in [6.45, 7) is 6.51. The molecular weight excluding hydrogens is 205 g/mol. The molecule has 3 heteroatoms. The van der Waals surface area contributed by atoms with Crippen LogP contribution in [0, 0.1) is 5.82 Å². The monoisotopic (exact) mass is 227 g/mol. The number of carbonyl (C=O) groups excluding carboxylic acids is 1. The van der Waals surface area contributed by atoms with E-state index in [1.54, 1.807) is 19.1 Å². The molecule has 0 aliphatic carbocycles. The minimum Gasteiger partial charge on any atom is -0.352 e. The normalized spacial score (nSPS) is 9.00. The molecule has 0 radical (unpaired) electrons.